The van der Waals surface area contributed by atoms with Crippen LogP contribution in [0.4, 0.5) is 16.0 Å². The summed E-state index contributed by atoms with van der Waals surface area (Å²) in [6.45, 7) is 4.68. The summed E-state index contributed by atoms with van der Waals surface area (Å²) in [5.74, 6) is 1.31. The van der Waals surface area contributed by atoms with Gasteiger partial charge >= 0.3 is 0 Å². The third-order valence-electron chi connectivity index (χ3n) is 4.90. The van der Waals surface area contributed by atoms with E-state index in [4.69, 9.17) is 0 Å². The second-order valence-electron chi connectivity index (χ2n) is 7.01. The van der Waals surface area contributed by atoms with Crippen molar-refractivity contribution in [3.05, 3.63) is 89.4 Å². The van der Waals surface area contributed by atoms with Crippen molar-refractivity contribution in [1.29, 1.82) is 0 Å². The molecule has 0 saturated carbocycles. The molecule has 29 heavy (non-hydrogen) atoms. The Bertz CT molecular complexity index is 1110. The highest BCUT2D eigenvalue weighted by Crippen LogP contribution is 2.24. The molecule has 148 valence electrons. The Morgan fingerprint density at radius 2 is 1.79 bits per heavy atom. The van der Waals surface area contributed by atoms with Crippen LogP contribution in [0.5, 0.6) is 0 Å². The number of fused-ring (bicyclic) bond motifs is 1. The van der Waals surface area contributed by atoms with E-state index in [0.717, 1.165) is 29.4 Å². The zero-order valence-corrected chi connectivity index (χ0v) is 16.6. The lowest BCUT2D eigenvalue weighted by molar-refractivity contribution is 0.599. The number of nitrogens with zero attached hydrogens (tertiary/aromatic N) is 3. The third kappa shape index (κ3) is 4.21. The number of anilines is 2. The minimum Gasteiger partial charge on any atom is -0.364 e. The molecule has 4 aromatic rings. The lowest BCUT2D eigenvalue weighted by atomic mass is 10.1. The Hall–Kier alpha value is -3.41. The number of nitrogens with one attached hydrogen (secondary N) is 2. The quantitative estimate of drug-likeness (QED) is 0.455. The van der Waals surface area contributed by atoms with E-state index in [1.807, 2.05) is 43.3 Å². The van der Waals surface area contributed by atoms with Gasteiger partial charge in [0.1, 0.15) is 11.6 Å². The Kier molecular flexibility index (Phi) is 5.42. The van der Waals surface area contributed by atoms with Gasteiger partial charge < -0.3 is 10.6 Å². The zero-order valence-electron chi connectivity index (χ0n) is 16.6. The molecule has 0 amide bonds. The average molecular weight is 389 g/mol. The molecule has 1 atom stereocenters. The summed E-state index contributed by atoms with van der Waals surface area (Å²) in [6.07, 6.45) is 0.803. The fraction of sp³-hybridized carbons (Fsp3) is 0.217. The largest absolute Gasteiger partial charge is 0.364 e. The van der Waals surface area contributed by atoms with E-state index in [-0.39, 0.29) is 11.9 Å². The van der Waals surface area contributed by atoms with Crippen molar-refractivity contribution in [2.24, 2.45) is 0 Å². The fourth-order valence-corrected chi connectivity index (χ4v) is 3.31. The normalized spacial score (nSPS) is 12.1. The van der Waals surface area contributed by atoms with Gasteiger partial charge in [-0.15, -0.1) is 5.10 Å². The van der Waals surface area contributed by atoms with Gasteiger partial charge in [0.05, 0.1) is 6.04 Å². The molecule has 0 fully saturated rings. The van der Waals surface area contributed by atoms with Gasteiger partial charge in [0.15, 0.2) is 11.5 Å². The van der Waals surface area contributed by atoms with Crippen molar-refractivity contribution >= 4 is 17.3 Å². The average Bonchev–Trinajstić information content (AvgIpc) is 3.16. The molecule has 2 aromatic heterocycles. The van der Waals surface area contributed by atoms with Crippen LogP contribution in [0, 0.1) is 5.82 Å². The highest BCUT2D eigenvalue weighted by Gasteiger charge is 2.14. The summed E-state index contributed by atoms with van der Waals surface area (Å²) in [4.78, 5) is 4.67. The van der Waals surface area contributed by atoms with Gasteiger partial charge in [-0.2, -0.15) is 4.52 Å². The predicted octanol–water partition coefficient (Wildman–Crippen LogP) is 5.22. The van der Waals surface area contributed by atoms with E-state index in [2.05, 4.69) is 39.8 Å². The first kappa shape index (κ1) is 18.9. The minimum absolute atomic E-state index is 0.212. The van der Waals surface area contributed by atoms with Gasteiger partial charge in [-0.1, -0.05) is 55.5 Å². The molecule has 0 aliphatic heterocycles. The number of halogens is 1. The van der Waals surface area contributed by atoms with E-state index in [0.29, 0.717) is 12.1 Å². The lowest BCUT2D eigenvalue weighted by Crippen LogP contribution is -2.13. The van der Waals surface area contributed by atoms with Gasteiger partial charge in [-0.05, 0) is 25.0 Å². The van der Waals surface area contributed by atoms with Crippen LogP contribution in [0.2, 0.25) is 0 Å². The summed E-state index contributed by atoms with van der Waals surface area (Å²) < 4.78 is 16.0. The number of benzene rings is 2. The third-order valence-corrected chi connectivity index (χ3v) is 4.90. The van der Waals surface area contributed by atoms with Crippen LogP contribution in [0.3, 0.4) is 0 Å². The van der Waals surface area contributed by atoms with Crippen LogP contribution >= 0.6 is 0 Å². The van der Waals surface area contributed by atoms with Gasteiger partial charge in [0, 0.05) is 29.9 Å². The summed E-state index contributed by atoms with van der Waals surface area (Å²) in [5.41, 5.74) is 3.50. The molecule has 6 heteroatoms. The first-order valence-electron chi connectivity index (χ1n) is 9.82. The summed E-state index contributed by atoms with van der Waals surface area (Å²) in [7, 11) is 0. The molecule has 2 aromatic carbocycles. The number of hydrogen-bond acceptors (Lipinski definition) is 4. The number of hydrogen-bond donors (Lipinski definition) is 2. The fourth-order valence-electron chi connectivity index (χ4n) is 3.31. The highest BCUT2D eigenvalue weighted by atomic mass is 19.1. The van der Waals surface area contributed by atoms with Crippen molar-refractivity contribution in [3.8, 4) is 0 Å². The monoisotopic (exact) mass is 389 g/mol. The molecule has 0 spiro atoms. The molecule has 2 heterocycles. The summed E-state index contributed by atoms with van der Waals surface area (Å²) in [5, 5.41) is 11.4. The van der Waals surface area contributed by atoms with E-state index >= 15 is 0 Å². The SMILES string of the molecule is CCc1cc(NC(C)c2ccccc2F)n2nc(NCc3ccccc3)cc2n1. The molecule has 0 aliphatic rings. The smallest absolute Gasteiger partial charge is 0.159 e. The maximum absolute atomic E-state index is 14.2. The lowest BCUT2D eigenvalue weighted by Gasteiger charge is -2.17. The van der Waals surface area contributed by atoms with Crippen LogP contribution in [-0.4, -0.2) is 14.6 Å². The zero-order chi connectivity index (χ0) is 20.2. The first-order valence-corrected chi connectivity index (χ1v) is 9.82. The molecule has 0 aliphatic carbocycles. The molecule has 1 unspecified atom stereocenters. The molecular weight excluding hydrogens is 365 g/mol. The number of aromatic nitrogens is 3. The maximum atomic E-state index is 14.2. The number of rotatable bonds is 7. The van der Waals surface area contributed by atoms with Crippen molar-refractivity contribution in [1.82, 2.24) is 14.6 Å². The summed E-state index contributed by atoms with van der Waals surface area (Å²) in [6, 6.07) is 20.7. The van der Waals surface area contributed by atoms with Crippen LogP contribution in [0.15, 0.2) is 66.7 Å². The molecule has 2 N–H and O–H groups in total. The van der Waals surface area contributed by atoms with Crippen LogP contribution in [0.25, 0.3) is 5.65 Å². The highest BCUT2D eigenvalue weighted by molar-refractivity contribution is 5.57. The van der Waals surface area contributed by atoms with E-state index in [1.165, 1.54) is 11.6 Å². The first-order chi connectivity index (χ1) is 14.1. The minimum atomic E-state index is -0.223. The Morgan fingerprint density at radius 1 is 1.03 bits per heavy atom. The van der Waals surface area contributed by atoms with Crippen molar-refractivity contribution in [2.75, 3.05) is 10.6 Å². The molecule has 0 saturated heterocycles. The molecule has 4 rings (SSSR count). The Morgan fingerprint density at radius 3 is 2.55 bits per heavy atom. The van der Waals surface area contributed by atoms with Crippen molar-refractivity contribution < 1.29 is 4.39 Å². The standard InChI is InChI=1S/C23H24FN5/c1-3-18-13-22(26-16(2)19-11-7-8-12-20(19)24)29-23(27-18)14-21(28-29)25-15-17-9-5-4-6-10-17/h4-14,16,26H,3,15H2,1-2H3,(H,25,28). The van der Waals surface area contributed by atoms with Crippen LogP contribution in [-0.2, 0) is 13.0 Å². The summed E-state index contributed by atoms with van der Waals surface area (Å²) >= 11 is 0. The van der Waals surface area contributed by atoms with Crippen molar-refractivity contribution in [3.63, 3.8) is 0 Å². The van der Waals surface area contributed by atoms with Gasteiger partial charge in [0.2, 0.25) is 0 Å². The predicted molar refractivity (Wildman–Crippen MR) is 115 cm³/mol. The number of aryl methyl sites for hydroxylation is 1. The molecule has 0 radical (unpaired) electrons. The van der Waals surface area contributed by atoms with Crippen LogP contribution in [0.1, 0.15) is 36.7 Å². The van der Waals surface area contributed by atoms with Crippen LogP contribution < -0.4 is 10.6 Å². The van der Waals surface area contributed by atoms with Crippen molar-refractivity contribution in [2.45, 2.75) is 32.9 Å². The van der Waals surface area contributed by atoms with E-state index < -0.39 is 0 Å². The van der Waals surface area contributed by atoms with Gasteiger partial charge in [0.25, 0.3) is 0 Å². The Labute approximate surface area is 169 Å². The second kappa shape index (κ2) is 8.31. The maximum Gasteiger partial charge on any atom is 0.159 e. The van der Waals surface area contributed by atoms with Gasteiger partial charge in [-0.25, -0.2) is 9.37 Å². The molecular formula is C23H24FN5. The van der Waals surface area contributed by atoms with E-state index in [1.54, 1.807) is 16.6 Å². The second-order valence-corrected chi connectivity index (χ2v) is 7.01. The van der Waals surface area contributed by atoms with E-state index in [9.17, 15) is 4.39 Å². The molecule has 5 nitrogen and oxygen atoms in total. The Balaban J connectivity index is 1.62. The topological polar surface area (TPSA) is 54.2 Å². The van der Waals surface area contributed by atoms with Gasteiger partial charge in [-0.3, -0.25) is 0 Å². The molecule has 0 bridgehead atoms.